The summed E-state index contributed by atoms with van der Waals surface area (Å²) >= 11 is 1.03. The van der Waals surface area contributed by atoms with Crippen molar-refractivity contribution in [1.82, 2.24) is 0 Å². The molecule has 0 saturated carbocycles. The van der Waals surface area contributed by atoms with Gasteiger partial charge >= 0.3 is 5.97 Å². The minimum absolute atomic E-state index is 0.235. The van der Waals surface area contributed by atoms with Gasteiger partial charge in [-0.05, 0) is 48.7 Å². The van der Waals surface area contributed by atoms with Gasteiger partial charge in [0, 0.05) is 6.08 Å². The van der Waals surface area contributed by atoms with Crippen LogP contribution < -0.4 is 10.1 Å². The maximum absolute atomic E-state index is 12.4. The summed E-state index contributed by atoms with van der Waals surface area (Å²) in [5.41, 5.74) is 2.67. The third-order valence-electron chi connectivity index (χ3n) is 4.51. The molecule has 1 aromatic heterocycles. The Labute approximate surface area is 190 Å². The second-order valence-corrected chi connectivity index (χ2v) is 7.78. The molecular formula is C25H22N2O4S. The van der Waals surface area contributed by atoms with Gasteiger partial charge in [-0.25, -0.2) is 4.79 Å². The standard InChI is InChI=1S/C25H22N2O4S/c1-3-30-25(29)23-17(2)21(15-26)24(32-23)27-22(28)14-11-18-9-12-20(13-10-18)31-16-19-7-5-4-6-8-19/h4-14H,3,16H2,1-2H3,(H,27,28). The van der Waals surface area contributed by atoms with Crippen LogP contribution >= 0.6 is 11.3 Å². The lowest BCUT2D eigenvalue weighted by Crippen LogP contribution is -2.07. The Morgan fingerprint density at radius 1 is 1.12 bits per heavy atom. The molecule has 7 heteroatoms. The fourth-order valence-electron chi connectivity index (χ4n) is 2.87. The number of nitriles is 1. The first kappa shape index (κ1) is 22.8. The van der Waals surface area contributed by atoms with Gasteiger partial charge in [-0.15, -0.1) is 11.3 Å². The summed E-state index contributed by atoms with van der Waals surface area (Å²) in [5, 5.41) is 12.4. The number of hydrogen-bond acceptors (Lipinski definition) is 6. The molecule has 0 bridgehead atoms. The zero-order valence-corrected chi connectivity index (χ0v) is 18.6. The average molecular weight is 447 g/mol. The van der Waals surface area contributed by atoms with Crippen molar-refractivity contribution >= 4 is 34.3 Å². The van der Waals surface area contributed by atoms with Crippen molar-refractivity contribution in [2.45, 2.75) is 20.5 Å². The highest BCUT2D eigenvalue weighted by atomic mass is 32.1. The maximum atomic E-state index is 12.4. The molecule has 3 rings (SSSR count). The smallest absolute Gasteiger partial charge is 0.348 e. The number of amides is 1. The number of thiophene rings is 1. The summed E-state index contributed by atoms with van der Waals surface area (Å²) in [6.07, 6.45) is 3.04. The van der Waals surface area contributed by atoms with E-state index in [4.69, 9.17) is 9.47 Å². The Bertz CT molecular complexity index is 1160. The van der Waals surface area contributed by atoms with Crippen LogP contribution in [0.3, 0.4) is 0 Å². The van der Waals surface area contributed by atoms with Gasteiger partial charge in [0.15, 0.2) is 0 Å². The predicted molar refractivity (Wildman–Crippen MR) is 125 cm³/mol. The van der Waals surface area contributed by atoms with Crippen molar-refractivity contribution in [2.75, 3.05) is 11.9 Å². The maximum Gasteiger partial charge on any atom is 0.348 e. The molecule has 1 amide bonds. The number of nitrogens with zero attached hydrogens (tertiary/aromatic N) is 1. The number of benzene rings is 2. The predicted octanol–water partition coefficient (Wildman–Crippen LogP) is 5.34. The van der Waals surface area contributed by atoms with E-state index in [-0.39, 0.29) is 12.2 Å². The monoisotopic (exact) mass is 446 g/mol. The van der Waals surface area contributed by atoms with Crippen LogP contribution in [0.5, 0.6) is 5.75 Å². The molecule has 0 saturated heterocycles. The quantitative estimate of drug-likeness (QED) is 0.373. The van der Waals surface area contributed by atoms with E-state index < -0.39 is 11.9 Å². The molecule has 0 fully saturated rings. The van der Waals surface area contributed by atoms with E-state index in [2.05, 4.69) is 5.32 Å². The molecule has 0 unspecified atom stereocenters. The average Bonchev–Trinajstić information content (AvgIpc) is 3.12. The summed E-state index contributed by atoms with van der Waals surface area (Å²) in [7, 11) is 0. The summed E-state index contributed by atoms with van der Waals surface area (Å²) in [6.45, 7) is 4.09. The topological polar surface area (TPSA) is 88.4 Å². The molecule has 0 aliphatic heterocycles. The molecule has 0 spiro atoms. The molecule has 0 radical (unpaired) electrons. The number of carbonyl (C=O) groups excluding carboxylic acids is 2. The van der Waals surface area contributed by atoms with Crippen LogP contribution in [-0.2, 0) is 16.1 Å². The van der Waals surface area contributed by atoms with E-state index in [1.165, 1.54) is 6.08 Å². The van der Waals surface area contributed by atoms with E-state index in [0.717, 1.165) is 28.2 Å². The van der Waals surface area contributed by atoms with Crippen LogP contribution in [0.25, 0.3) is 6.08 Å². The van der Waals surface area contributed by atoms with Crippen LogP contribution in [0.2, 0.25) is 0 Å². The Balaban J connectivity index is 1.61. The van der Waals surface area contributed by atoms with Gasteiger partial charge < -0.3 is 14.8 Å². The Hall–Kier alpha value is -3.89. The molecule has 3 aromatic rings. The van der Waals surface area contributed by atoms with Gasteiger partial charge in [-0.1, -0.05) is 42.5 Å². The zero-order valence-electron chi connectivity index (χ0n) is 17.8. The van der Waals surface area contributed by atoms with Gasteiger partial charge in [-0.3, -0.25) is 4.79 Å². The normalized spacial score (nSPS) is 10.5. The summed E-state index contributed by atoms with van der Waals surface area (Å²) < 4.78 is 10.8. The van der Waals surface area contributed by atoms with Gasteiger partial charge in [0.1, 0.15) is 28.3 Å². The van der Waals surface area contributed by atoms with Crippen molar-refractivity contribution < 1.29 is 19.1 Å². The number of ether oxygens (including phenoxy) is 2. The molecule has 0 aliphatic carbocycles. The highest BCUT2D eigenvalue weighted by Gasteiger charge is 2.21. The summed E-state index contributed by atoms with van der Waals surface area (Å²) in [4.78, 5) is 24.7. The zero-order chi connectivity index (χ0) is 22.9. The third-order valence-corrected chi connectivity index (χ3v) is 5.70. The highest BCUT2D eigenvalue weighted by molar-refractivity contribution is 7.18. The molecule has 0 aliphatic rings. The van der Waals surface area contributed by atoms with E-state index in [0.29, 0.717) is 22.0 Å². The fraction of sp³-hybridized carbons (Fsp3) is 0.160. The molecule has 0 atom stereocenters. The largest absolute Gasteiger partial charge is 0.489 e. The third kappa shape index (κ3) is 5.84. The van der Waals surface area contributed by atoms with Gasteiger partial charge in [0.25, 0.3) is 0 Å². The van der Waals surface area contributed by atoms with E-state index >= 15 is 0 Å². The first-order chi connectivity index (χ1) is 15.5. The molecule has 32 heavy (non-hydrogen) atoms. The lowest BCUT2D eigenvalue weighted by atomic mass is 10.1. The van der Waals surface area contributed by atoms with Crippen molar-refractivity contribution in [3.8, 4) is 11.8 Å². The van der Waals surface area contributed by atoms with Gasteiger partial charge in [0.2, 0.25) is 5.91 Å². The fourth-order valence-corrected chi connectivity index (χ4v) is 3.92. The molecule has 6 nitrogen and oxygen atoms in total. The van der Waals surface area contributed by atoms with Gasteiger partial charge in [-0.2, -0.15) is 5.26 Å². The van der Waals surface area contributed by atoms with Crippen LogP contribution in [0.4, 0.5) is 5.00 Å². The van der Waals surface area contributed by atoms with Crippen LogP contribution in [0, 0.1) is 18.3 Å². The van der Waals surface area contributed by atoms with E-state index in [9.17, 15) is 14.9 Å². The second-order valence-electron chi connectivity index (χ2n) is 6.76. The lowest BCUT2D eigenvalue weighted by molar-refractivity contribution is -0.111. The highest BCUT2D eigenvalue weighted by Crippen LogP contribution is 2.33. The number of rotatable bonds is 8. The first-order valence-corrected chi connectivity index (χ1v) is 10.8. The number of anilines is 1. The SMILES string of the molecule is CCOC(=O)c1sc(NC(=O)C=Cc2ccc(OCc3ccccc3)cc2)c(C#N)c1C. The second kappa shape index (κ2) is 10.9. The Kier molecular flexibility index (Phi) is 7.79. The molecule has 2 aromatic carbocycles. The summed E-state index contributed by atoms with van der Waals surface area (Å²) in [5.74, 6) is -0.172. The molecule has 1 N–H and O–H groups in total. The number of hydrogen-bond donors (Lipinski definition) is 1. The number of nitrogens with one attached hydrogen (secondary N) is 1. The van der Waals surface area contributed by atoms with Gasteiger partial charge in [0.05, 0.1) is 12.2 Å². The van der Waals surface area contributed by atoms with Crippen LogP contribution in [0.15, 0.2) is 60.7 Å². The molecule has 1 heterocycles. The lowest BCUT2D eigenvalue weighted by Gasteiger charge is -2.06. The van der Waals surface area contributed by atoms with Crippen LogP contribution in [-0.4, -0.2) is 18.5 Å². The van der Waals surface area contributed by atoms with Crippen molar-refractivity contribution in [3.05, 3.63) is 87.8 Å². The molecular weight excluding hydrogens is 424 g/mol. The van der Waals surface area contributed by atoms with Crippen molar-refractivity contribution in [1.29, 1.82) is 5.26 Å². The molecule has 162 valence electrons. The Morgan fingerprint density at radius 3 is 2.50 bits per heavy atom. The van der Waals surface area contributed by atoms with Crippen molar-refractivity contribution in [2.24, 2.45) is 0 Å². The minimum Gasteiger partial charge on any atom is -0.489 e. The van der Waals surface area contributed by atoms with E-state index in [1.807, 2.05) is 60.7 Å². The number of carbonyl (C=O) groups is 2. The van der Waals surface area contributed by atoms with E-state index in [1.54, 1.807) is 19.9 Å². The first-order valence-electron chi connectivity index (χ1n) is 9.98. The summed E-state index contributed by atoms with van der Waals surface area (Å²) in [6, 6.07) is 19.3. The Morgan fingerprint density at radius 2 is 1.84 bits per heavy atom. The number of esters is 1. The minimum atomic E-state index is -0.503. The van der Waals surface area contributed by atoms with Crippen molar-refractivity contribution in [3.63, 3.8) is 0 Å². The van der Waals surface area contributed by atoms with Crippen LogP contribution in [0.1, 0.15) is 38.8 Å².